The van der Waals surface area contributed by atoms with Gasteiger partial charge in [-0.15, -0.1) is 0 Å². The van der Waals surface area contributed by atoms with Gasteiger partial charge in [0.25, 0.3) is 0 Å². The standard InChI is InChI=1S/C18H17F2N3O5/c19-16-13(22-6-3-11(25)4-7-22)1-2-14(17(16)20)23-9-12(28-18(23)26)10-27-15(21)5-8-24/h1-3,5-6,8,12,21,24H,4,7,9-10H2/p+1/b8-5-,21-15?/t12-/m1/s1. The molecule has 28 heavy (non-hydrogen) atoms. The number of ether oxygens (including phenoxy) is 2. The fourth-order valence-electron chi connectivity index (χ4n) is 2.83. The summed E-state index contributed by atoms with van der Waals surface area (Å²) >= 11 is 0. The van der Waals surface area contributed by atoms with E-state index in [2.05, 4.69) is 0 Å². The summed E-state index contributed by atoms with van der Waals surface area (Å²) in [6.07, 6.45) is 3.24. The van der Waals surface area contributed by atoms with Crippen LogP contribution in [0.4, 0.5) is 25.0 Å². The van der Waals surface area contributed by atoms with Gasteiger partial charge in [0.05, 0.1) is 24.0 Å². The van der Waals surface area contributed by atoms with Gasteiger partial charge < -0.3 is 19.5 Å². The molecule has 148 valence electrons. The zero-order valence-electron chi connectivity index (χ0n) is 14.7. The van der Waals surface area contributed by atoms with E-state index in [9.17, 15) is 18.4 Å². The zero-order valence-corrected chi connectivity index (χ0v) is 14.7. The number of hydrogen-bond acceptors (Lipinski definition) is 6. The number of carbonyl (C=O) groups excluding carboxylic acids is 2. The van der Waals surface area contributed by atoms with Crippen LogP contribution >= 0.6 is 0 Å². The average molecular weight is 394 g/mol. The Hall–Kier alpha value is -3.43. The summed E-state index contributed by atoms with van der Waals surface area (Å²) in [4.78, 5) is 25.7. The molecule has 1 saturated heterocycles. The lowest BCUT2D eigenvalue weighted by Gasteiger charge is -2.24. The van der Waals surface area contributed by atoms with Crippen molar-refractivity contribution in [2.45, 2.75) is 12.5 Å². The van der Waals surface area contributed by atoms with Gasteiger partial charge in [-0.25, -0.2) is 13.6 Å². The summed E-state index contributed by atoms with van der Waals surface area (Å²) in [6.45, 7) is -0.000337. The van der Waals surface area contributed by atoms with Crippen LogP contribution in [0.2, 0.25) is 0 Å². The van der Waals surface area contributed by atoms with E-state index in [0.717, 1.165) is 17.2 Å². The highest BCUT2D eigenvalue weighted by Gasteiger charge is 2.35. The SMILES string of the molecule is N=C(/C=C\[OH2+])OC[C@H]1CN(c2ccc(N3C=CC(=O)CC3)c(F)c2F)C(=O)O1. The van der Waals surface area contributed by atoms with Crippen molar-refractivity contribution in [2.75, 3.05) is 29.5 Å². The van der Waals surface area contributed by atoms with E-state index in [1.54, 1.807) is 0 Å². The van der Waals surface area contributed by atoms with Gasteiger partial charge >= 0.3 is 6.09 Å². The van der Waals surface area contributed by atoms with Crippen molar-refractivity contribution in [2.24, 2.45) is 0 Å². The molecular weight excluding hydrogens is 376 g/mol. The second kappa shape index (κ2) is 8.07. The Morgan fingerprint density at radius 1 is 1.32 bits per heavy atom. The van der Waals surface area contributed by atoms with Gasteiger partial charge in [0.15, 0.2) is 23.5 Å². The first kappa shape index (κ1) is 19.3. The smallest absolute Gasteiger partial charge is 0.414 e. The number of nitrogens with zero attached hydrogens (tertiary/aromatic N) is 2. The van der Waals surface area contributed by atoms with Gasteiger partial charge in [-0.1, -0.05) is 0 Å². The van der Waals surface area contributed by atoms with Crippen molar-refractivity contribution in [1.29, 1.82) is 5.41 Å². The molecule has 2 heterocycles. The minimum absolute atomic E-state index is 0.0342. The molecule has 1 amide bonds. The summed E-state index contributed by atoms with van der Waals surface area (Å²) < 4.78 is 39.3. The zero-order chi connectivity index (χ0) is 20.3. The molecule has 0 bridgehead atoms. The van der Waals surface area contributed by atoms with Crippen LogP contribution < -0.4 is 9.80 Å². The van der Waals surface area contributed by atoms with E-state index in [1.165, 1.54) is 29.3 Å². The predicted molar refractivity (Wildman–Crippen MR) is 96.5 cm³/mol. The number of hydrogen-bond donors (Lipinski definition) is 1. The molecule has 2 aliphatic rings. The first-order chi connectivity index (χ1) is 13.4. The van der Waals surface area contributed by atoms with Crippen LogP contribution in [0.25, 0.3) is 0 Å². The third kappa shape index (κ3) is 3.95. The largest absolute Gasteiger partial charge is 0.598 e. The molecule has 1 aromatic carbocycles. The minimum Gasteiger partial charge on any atom is -0.598 e. The molecule has 0 spiro atoms. The van der Waals surface area contributed by atoms with E-state index in [4.69, 9.17) is 20.0 Å². The van der Waals surface area contributed by atoms with Crippen LogP contribution in [-0.2, 0) is 14.3 Å². The number of anilines is 2. The van der Waals surface area contributed by atoms with Crippen molar-refractivity contribution in [3.8, 4) is 0 Å². The van der Waals surface area contributed by atoms with Crippen molar-refractivity contribution in [1.82, 2.24) is 0 Å². The van der Waals surface area contributed by atoms with Gasteiger partial charge in [-0.3, -0.25) is 15.1 Å². The first-order valence-electron chi connectivity index (χ1n) is 8.39. The summed E-state index contributed by atoms with van der Waals surface area (Å²) in [5.41, 5.74) is -0.306. The van der Waals surface area contributed by atoms with Crippen LogP contribution in [0.15, 0.2) is 36.7 Å². The number of allylic oxidation sites excluding steroid dienone is 1. The van der Waals surface area contributed by atoms with E-state index < -0.39 is 23.8 Å². The lowest BCUT2D eigenvalue weighted by molar-refractivity contribution is -0.114. The van der Waals surface area contributed by atoms with Crippen LogP contribution in [0.3, 0.4) is 0 Å². The summed E-state index contributed by atoms with van der Waals surface area (Å²) in [5.74, 6) is -2.70. The third-order valence-corrected chi connectivity index (χ3v) is 4.21. The summed E-state index contributed by atoms with van der Waals surface area (Å²) in [6, 6.07) is 2.60. The fourth-order valence-corrected chi connectivity index (χ4v) is 2.83. The number of carbonyl (C=O) groups is 2. The van der Waals surface area contributed by atoms with Crippen LogP contribution in [-0.4, -0.2) is 48.7 Å². The van der Waals surface area contributed by atoms with Crippen molar-refractivity contribution < 1.29 is 33.0 Å². The molecule has 0 saturated carbocycles. The topological polar surface area (TPSA) is 106 Å². The highest BCUT2D eigenvalue weighted by atomic mass is 19.2. The van der Waals surface area contributed by atoms with Gasteiger partial charge in [-0.2, -0.15) is 0 Å². The highest BCUT2D eigenvalue weighted by molar-refractivity contribution is 5.92. The molecule has 8 nitrogen and oxygen atoms in total. The molecule has 10 heteroatoms. The Morgan fingerprint density at radius 2 is 2.04 bits per heavy atom. The van der Waals surface area contributed by atoms with Gasteiger partial charge in [-0.05, 0) is 18.2 Å². The second-order valence-corrected chi connectivity index (χ2v) is 6.08. The van der Waals surface area contributed by atoms with Gasteiger partial charge in [0.2, 0.25) is 12.2 Å². The monoisotopic (exact) mass is 394 g/mol. The number of benzene rings is 1. The molecule has 1 fully saturated rings. The first-order valence-corrected chi connectivity index (χ1v) is 8.39. The van der Waals surface area contributed by atoms with E-state index in [-0.39, 0.29) is 49.2 Å². The third-order valence-electron chi connectivity index (χ3n) is 4.21. The summed E-state index contributed by atoms with van der Waals surface area (Å²) in [7, 11) is 0. The Kier molecular flexibility index (Phi) is 5.57. The van der Waals surface area contributed by atoms with Crippen molar-refractivity contribution in [3.63, 3.8) is 0 Å². The Labute approximate surface area is 158 Å². The maximum Gasteiger partial charge on any atom is 0.414 e. The molecule has 0 radical (unpaired) electrons. The van der Waals surface area contributed by atoms with Crippen molar-refractivity contribution in [3.05, 3.63) is 48.4 Å². The number of amides is 1. The molecule has 3 N–H and O–H groups in total. The van der Waals surface area contributed by atoms with Crippen LogP contribution in [0.5, 0.6) is 0 Å². The fraction of sp³-hybridized carbons (Fsp3) is 0.278. The molecule has 1 aromatic rings. The second-order valence-electron chi connectivity index (χ2n) is 6.08. The van der Waals surface area contributed by atoms with E-state index >= 15 is 0 Å². The predicted octanol–water partition coefficient (Wildman–Crippen LogP) is 1.82. The van der Waals surface area contributed by atoms with Crippen LogP contribution in [0, 0.1) is 17.0 Å². The van der Waals surface area contributed by atoms with Crippen molar-refractivity contribution >= 4 is 29.1 Å². The lowest BCUT2D eigenvalue weighted by atomic mass is 10.1. The summed E-state index contributed by atoms with van der Waals surface area (Å²) in [5, 5.41) is 14.2. The normalized spacial score (nSPS) is 19.4. The number of ketones is 1. The Morgan fingerprint density at radius 3 is 2.71 bits per heavy atom. The number of nitrogens with one attached hydrogen (secondary N) is 1. The Balaban J connectivity index is 1.74. The maximum atomic E-state index is 14.6. The molecule has 2 aliphatic heterocycles. The van der Waals surface area contributed by atoms with Gasteiger partial charge in [0, 0.05) is 19.2 Å². The van der Waals surface area contributed by atoms with Gasteiger partial charge in [0.1, 0.15) is 6.61 Å². The molecular formula is C18H18F2N3O5+. The number of halogens is 2. The quantitative estimate of drug-likeness (QED) is 0.355. The minimum atomic E-state index is -1.20. The molecule has 0 aliphatic carbocycles. The highest BCUT2D eigenvalue weighted by Crippen LogP contribution is 2.32. The Bertz CT molecular complexity index is 871. The van der Waals surface area contributed by atoms with E-state index in [1.807, 2.05) is 0 Å². The average Bonchev–Trinajstić information content (AvgIpc) is 3.04. The molecule has 1 atom stereocenters. The van der Waals surface area contributed by atoms with E-state index in [0.29, 0.717) is 0 Å². The number of rotatable bonds is 5. The molecule has 0 aromatic heterocycles. The van der Waals surface area contributed by atoms with Crippen LogP contribution in [0.1, 0.15) is 6.42 Å². The molecule has 3 rings (SSSR count). The lowest BCUT2D eigenvalue weighted by Crippen LogP contribution is -2.28. The molecule has 0 unspecified atom stereocenters. The number of cyclic esters (lactones) is 1. The maximum absolute atomic E-state index is 14.6.